The van der Waals surface area contributed by atoms with Crippen molar-refractivity contribution in [2.45, 2.75) is 6.43 Å². The number of alkyl halides is 2. The van der Waals surface area contributed by atoms with Crippen molar-refractivity contribution < 1.29 is 8.78 Å². The SMILES string of the molecule is NCCN(CC(F)F)c1ccncn1. The molecule has 1 heterocycles. The highest BCUT2D eigenvalue weighted by atomic mass is 19.3. The summed E-state index contributed by atoms with van der Waals surface area (Å²) in [6.45, 7) is 0.326. The van der Waals surface area contributed by atoms with Gasteiger partial charge in [-0.2, -0.15) is 0 Å². The molecule has 6 heteroatoms. The normalized spacial score (nSPS) is 10.6. The summed E-state index contributed by atoms with van der Waals surface area (Å²) in [5, 5.41) is 0. The van der Waals surface area contributed by atoms with Gasteiger partial charge in [0, 0.05) is 19.3 Å². The molecule has 1 aromatic rings. The molecule has 0 aliphatic carbocycles. The molecule has 0 radical (unpaired) electrons. The molecule has 78 valence electrons. The van der Waals surface area contributed by atoms with E-state index in [4.69, 9.17) is 5.73 Å². The lowest BCUT2D eigenvalue weighted by Gasteiger charge is -2.21. The van der Waals surface area contributed by atoms with Crippen molar-refractivity contribution in [1.82, 2.24) is 9.97 Å². The maximum atomic E-state index is 12.2. The summed E-state index contributed by atoms with van der Waals surface area (Å²) in [7, 11) is 0. The number of hydrogen-bond acceptors (Lipinski definition) is 4. The Balaban J connectivity index is 2.67. The first-order valence-corrected chi connectivity index (χ1v) is 4.23. The minimum atomic E-state index is -2.39. The van der Waals surface area contributed by atoms with Crippen LogP contribution in [0, 0.1) is 0 Å². The Bertz CT molecular complexity index is 255. The largest absolute Gasteiger partial charge is 0.350 e. The molecule has 14 heavy (non-hydrogen) atoms. The highest BCUT2D eigenvalue weighted by Crippen LogP contribution is 2.09. The van der Waals surface area contributed by atoms with Crippen molar-refractivity contribution in [3.8, 4) is 0 Å². The van der Waals surface area contributed by atoms with Gasteiger partial charge in [-0.15, -0.1) is 0 Å². The average molecular weight is 202 g/mol. The van der Waals surface area contributed by atoms with Crippen LogP contribution < -0.4 is 10.6 Å². The van der Waals surface area contributed by atoms with Crippen LogP contribution in [-0.2, 0) is 0 Å². The van der Waals surface area contributed by atoms with E-state index in [-0.39, 0.29) is 6.54 Å². The predicted molar refractivity (Wildman–Crippen MR) is 49.3 cm³/mol. The second-order valence-electron chi connectivity index (χ2n) is 2.69. The zero-order valence-electron chi connectivity index (χ0n) is 7.61. The smallest absolute Gasteiger partial charge is 0.255 e. The third-order valence-electron chi connectivity index (χ3n) is 1.65. The molecule has 0 aromatic carbocycles. The van der Waals surface area contributed by atoms with E-state index in [1.165, 1.54) is 17.4 Å². The van der Waals surface area contributed by atoms with Gasteiger partial charge in [0.15, 0.2) is 0 Å². The summed E-state index contributed by atoms with van der Waals surface area (Å²) < 4.78 is 24.3. The quantitative estimate of drug-likeness (QED) is 0.755. The van der Waals surface area contributed by atoms with Crippen molar-refractivity contribution in [1.29, 1.82) is 0 Å². The van der Waals surface area contributed by atoms with E-state index in [9.17, 15) is 8.78 Å². The lowest BCUT2D eigenvalue weighted by molar-refractivity contribution is 0.154. The van der Waals surface area contributed by atoms with Crippen LogP contribution in [0.5, 0.6) is 0 Å². The molecule has 0 spiro atoms. The molecule has 0 aliphatic rings. The van der Waals surface area contributed by atoms with Gasteiger partial charge in [0.1, 0.15) is 12.1 Å². The zero-order valence-corrected chi connectivity index (χ0v) is 7.61. The zero-order chi connectivity index (χ0) is 10.4. The van der Waals surface area contributed by atoms with E-state index >= 15 is 0 Å². The van der Waals surface area contributed by atoms with Gasteiger partial charge in [-0.3, -0.25) is 0 Å². The lowest BCUT2D eigenvalue weighted by Crippen LogP contribution is -2.34. The number of halogens is 2. The molecule has 0 unspecified atom stereocenters. The molecule has 0 amide bonds. The number of rotatable bonds is 5. The number of nitrogens with zero attached hydrogens (tertiary/aromatic N) is 3. The molecule has 0 bridgehead atoms. The van der Waals surface area contributed by atoms with Crippen LogP contribution in [0.4, 0.5) is 14.6 Å². The Labute approximate surface area is 80.8 Å². The van der Waals surface area contributed by atoms with Crippen LogP contribution in [0.3, 0.4) is 0 Å². The van der Waals surface area contributed by atoms with E-state index in [2.05, 4.69) is 9.97 Å². The van der Waals surface area contributed by atoms with Gasteiger partial charge in [0.05, 0.1) is 6.54 Å². The summed E-state index contributed by atoms with van der Waals surface area (Å²) in [5.74, 6) is 0.478. The number of anilines is 1. The number of hydrogen-bond donors (Lipinski definition) is 1. The first kappa shape index (κ1) is 10.8. The molecule has 0 saturated heterocycles. The van der Waals surface area contributed by atoms with E-state index in [0.717, 1.165) is 0 Å². The Kier molecular flexibility index (Phi) is 4.18. The fourth-order valence-electron chi connectivity index (χ4n) is 1.09. The number of aromatic nitrogens is 2. The molecule has 0 atom stereocenters. The van der Waals surface area contributed by atoms with Crippen LogP contribution in [0.25, 0.3) is 0 Å². The van der Waals surface area contributed by atoms with Crippen molar-refractivity contribution >= 4 is 5.82 Å². The van der Waals surface area contributed by atoms with Crippen molar-refractivity contribution in [2.24, 2.45) is 5.73 Å². The van der Waals surface area contributed by atoms with Crippen LogP contribution >= 0.6 is 0 Å². The van der Waals surface area contributed by atoms with Crippen molar-refractivity contribution in [3.05, 3.63) is 18.6 Å². The molecule has 1 aromatic heterocycles. The summed E-state index contributed by atoms with van der Waals surface area (Å²) in [4.78, 5) is 9.02. The summed E-state index contributed by atoms with van der Waals surface area (Å²) in [5.41, 5.74) is 5.31. The molecule has 1 rings (SSSR count). The van der Waals surface area contributed by atoms with Crippen LogP contribution in [0.2, 0.25) is 0 Å². The number of nitrogens with two attached hydrogens (primary N) is 1. The third-order valence-corrected chi connectivity index (χ3v) is 1.65. The van der Waals surface area contributed by atoms with Crippen molar-refractivity contribution in [2.75, 3.05) is 24.5 Å². The topological polar surface area (TPSA) is 55.0 Å². The van der Waals surface area contributed by atoms with Gasteiger partial charge in [-0.25, -0.2) is 18.7 Å². The minimum absolute atomic E-state index is 0.316. The Morgan fingerprint density at radius 2 is 2.29 bits per heavy atom. The lowest BCUT2D eigenvalue weighted by atomic mass is 10.4. The molecule has 0 fully saturated rings. The Hall–Kier alpha value is -1.30. The van der Waals surface area contributed by atoms with E-state index < -0.39 is 6.43 Å². The summed E-state index contributed by atoms with van der Waals surface area (Å²) >= 11 is 0. The van der Waals surface area contributed by atoms with Gasteiger partial charge in [-0.05, 0) is 6.07 Å². The maximum Gasteiger partial charge on any atom is 0.255 e. The predicted octanol–water partition coefficient (Wildman–Crippen LogP) is 0.507. The van der Waals surface area contributed by atoms with Gasteiger partial charge >= 0.3 is 0 Å². The highest BCUT2D eigenvalue weighted by Gasteiger charge is 2.12. The van der Waals surface area contributed by atoms with Gasteiger partial charge in [-0.1, -0.05) is 0 Å². The van der Waals surface area contributed by atoms with E-state index in [1.807, 2.05) is 0 Å². The Morgan fingerprint density at radius 3 is 2.79 bits per heavy atom. The second-order valence-corrected chi connectivity index (χ2v) is 2.69. The average Bonchev–Trinajstić information content (AvgIpc) is 2.18. The standard InChI is InChI=1S/C8H12F2N4/c9-7(10)5-14(4-2-11)8-1-3-12-6-13-8/h1,3,6-7H,2,4-5,11H2. The highest BCUT2D eigenvalue weighted by molar-refractivity contribution is 5.36. The fraction of sp³-hybridized carbons (Fsp3) is 0.500. The molecule has 4 nitrogen and oxygen atoms in total. The van der Waals surface area contributed by atoms with Gasteiger partial charge < -0.3 is 10.6 Å². The third kappa shape index (κ3) is 3.21. The Morgan fingerprint density at radius 1 is 1.50 bits per heavy atom. The van der Waals surface area contributed by atoms with Gasteiger partial charge in [0.25, 0.3) is 6.43 Å². The molecular formula is C8H12F2N4. The first-order chi connectivity index (χ1) is 6.74. The van der Waals surface area contributed by atoms with Crippen LogP contribution in [0.15, 0.2) is 18.6 Å². The molecule has 0 saturated carbocycles. The fourth-order valence-corrected chi connectivity index (χ4v) is 1.09. The van der Waals surface area contributed by atoms with Crippen LogP contribution in [-0.4, -0.2) is 36.0 Å². The van der Waals surface area contributed by atoms with E-state index in [1.54, 1.807) is 6.07 Å². The molecule has 0 aliphatic heterocycles. The summed E-state index contributed by atoms with van der Waals surface area (Å²) in [6.07, 6.45) is 0.443. The molecular weight excluding hydrogens is 190 g/mol. The maximum absolute atomic E-state index is 12.2. The van der Waals surface area contributed by atoms with Crippen LogP contribution in [0.1, 0.15) is 0 Å². The minimum Gasteiger partial charge on any atom is -0.350 e. The summed E-state index contributed by atoms with van der Waals surface area (Å²) in [6, 6.07) is 1.58. The monoisotopic (exact) mass is 202 g/mol. The second kappa shape index (κ2) is 5.43. The first-order valence-electron chi connectivity index (χ1n) is 4.23. The van der Waals surface area contributed by atoms with Crippen molar-refractivity contribution in [3.63, 3.8) is 0 Å². The van der Waals surface area contributed by atoms with Gasteiger partial charge in [0.2, 0.25) is 0 Å². The van der Waals surface area contributed by atoms with E-state index in [0.29, 0.717) is 18.9 Å². The molecule has 2 N–H and O–H groups in total.